The highest BCUT2D eigenvalue weighted by molar-refractivity contribution is 5.94. The van der Waals surface area contributed by atoms with Crippen LogP contribution in [-0.4, -0.2) is 16.9 Å². The summed E-state index contributed by atoms with van der Waals surface area (Å²) in [5, 5.41) is 2.79. The summed E-state index contributed by atoms with van der Waals surface area (Å²) in [7, 11) is 0. The molecule has 0 saturated carbocycles. The maximum absolute atomic E-state index is 11.9. The second-order valence-electron chi connectivity index (χ2n) is 4.16. The van der Waals surface area contributed by atoms with E-state index in [1.54, 1.807) is 36.7 Å². The Hall–Kier alpha value is -2.69. The minimum Gasteiger partial charge on any atom is -0.427 e. The fourth-order valence-corrected chi connectivity index (χ4v) is 1.63. The molecular weight excluding hydrogens is 256 g/mol. The van der Waals surface area contributed by atoms with Crippen molar-refractivity contribution in [3.63, 3.8) is 0 Å². The lowest BCUT2D eigenvalue weighted by Crippen LogP contribution is -2.22. The molecule has 1 aromatic carbocycles. The Bertz CT molecular complexity index is 594. The first-order chi connectivity index (χ1) is 9.65. The number of benzene rings is 1. The monoisotopic (exact) mass is 270 g/mol. The summed E-state index contributed by atoms with van der Waals surface area (Å²) in [6.45, 7) is 1.74. The maximum Gasteiger partial charge on any atom is 0.308 e. The average molecular weight is 270 g/mol. The summed E-state index contributed by atoms with van der Waals surface area (Å²) in [4.78, 5) is 26.7. The number of esters is 1. The van der Waals surface area contributed by atoms with Gasteiger partial charge in [0.15, 0.2) is 0 Å². The Balaban J connectivity index is 1.94. The van der Waals surface area contributed by atoms with E-state index in [2.05, 4.69) is 10.3 Å². The Labute approximate surface area is 116 Å². The number of nitrogens with zero attached hydrogens (tertiary/aromatic N) is 1. The van der Waals surface area contributed by atoms with Crippen LogP contribution in [0.5, 0.6) is 5.75 Å². The molecule has 2 aromatic rings. The van der Waals surface area contributed by atoms with Crippen molar-refractivity contribution in [2.75, 3.05) is 0 Å². The predicted molar refractivity (Wildman–Crippen MR) is 73.2 cm³/mol. The van der Waals surface area contributed by atoms with Gasteiger partial charge in [-0.3, -0.25) is 14.6 Å². The number of hydrogen-bond acceptors (Lipinski definition) is 4. The van der Waals surface area contributed by atoms with Gasteiger partial charge in [-0.25, -0.2) is 0 Å². The van der Waals surface area contributed by atoms with Gasteiger partial charge in [0, 0.05) is 31.4 Å². The molecule has 0 aliphatic carbocycles. The van der Waals surface area contributed by atoms with Gasteiger partial charge in [-0.15, -0.1) is 0 Å². The minimum atomic E-state index is -0.390. The molecule has 20 heavy (non-hydrogen) atoms. The molecule has 5 nitrogen and oxygen atoms in total. The molecule has 0 aliphatic rings. The molecule has 1 heterocycles. The maximum atomic E-state index is 11.9. The highest BCUT2D eigenvalue weighted by Gasteiger charge is 2.06. The van der Waals surface area contributed by atoms with Crippen LogP contribution < -0.4 is 10.1 Å². The van der Waals surface area contributed by atoms with Crippen LogP contribution in [0.4, 0.5) is 0 Å². The van der Waals surface area contributed by atoms with Crippen LogP contribution in [0.3, 0.4) is 0 Å². The highest BCUT2D eigenvalue weighted by atomic mass is 16.5. The molecule has 0 unspecified atom stereocenters. The molecule has 0 spiro atoms. The third kappa shape index (κ3) is 3.91. The lowest BCUT2D eigenvalue weighted by Gasteiger charge is -2.06. The van der Waals surface area contributed by atoms with Gasteiger partial charge in [-0.1, -0.05) is 6.07 Å². The van der Waals surface area contributed by atoms with Crippen molar-refractivity contribution < 1.29 is 14.3 Å². The lowest BCUT2D eigenvalue weighted by molar-refractivity contribution is -0.131. The van der Waals surface area contributed by atoms with E-state index >= 15 is 0 Å². The first kappa shape index (κ1) is 13.7. The van der Waals surface area contributed by atoms with Crippen molar-refractivity contribution in [3.8, 4) is 5.75 Å². The Morgan fingerprint density at radius 1 is 1.20 bits per heavy atom. The van der Waals surface area contributed by atoms with Gasteiger partial charge in [0.25, 0.3) is 5.91 Å². The van der Waals surface area contributed by atoms with Crippen LogP contribution >= 0.6 is 0 Å². The van der Waals surface area contributed by atoms with E-state index in [1.807, 2.05) is 12.1 Å². The quantitative estimate of drug-likeness (QED) is 0.681. The summed E-state index contributed by atoms with van der Waals surface area (Å²) in [5.41, 5.74) is 1.43. The van der Waals surface area contributed by atoms with Crippen LogP contribution in [0, 0.1) is 0 Å². The molecule has 0 bridgehead atoms. The standard InChI is InChI=1S/C15H14N2O3/c1-11(18)20-14-6-4-13(5-7-14)15(19)17-10-12-3-2-8-16-9-12/h2-9H,10H2,1H3,(H,17,19). The molecule has 1 amide bonds. The predicted octanol–water partition coefficient (Wildman–Crippen LogP) is 1.94. The molecule has 1 N–H and O–H groups in total. The Kier molecular flexibility index (Phi) is 4.44. The molecular formula is C15H14N2O3. The second-order valence-corrected chi connectivity index (χ2v) is 4.16. The zero-order valence-electron chi connectivity index (χ0n) is 11.0. The number of pyridine rings is 1. The van der Waals surface area contributed by atoms with E-state index in [-0.39, 0.29) is 5.91 Å². The van der Waals surface area contributed by atoms with Crippen molar-refractivity contribution in [1.82, 2.24) is 10.3 Å². The second kappa shape index (κ2) is 6.47. The van der Waals surface area contributed by atoms with Crippen molar-refractivity contribution in [3.05, 3.63) is 59.9 Å². The molecule has 0 saturated heterocycles. The number of aromatic nitrogens is 1. The van der Waals surface area contributed by atoms with Gasteiger partial charge < -0.3 is 10.1 Å². The summed E-state index contributed by atoms with van der Waals surface area (Å²) in [6, 6.07) is 10.1. The highest BCUT2D eigenvalue weighted by Crippen LogP contribution is 2.12. The summed E-state index contributed by atoms with van der Waals surface area (Å²) >= 11 is 0. The summed E-state index contributed by atoms with van der Waals surface area (Å²) in [5.74, 6) is -0.164. The smallest absolute Gasteiger partial charge is 0.308 e. The van der Waals surface area contributed by atoms with Gasteiger partial charge in [0.2, 0.25) is 0 Å². The largest absolute Gasteiger partial charge is 0.427 e. The van der Waals surface area contributed by atoms with Crippen molar-refractivity contribution in [1.29, 1.82) is 0 Å². The number of carbonyl (C=O) groups excluding carboxylic acids is 2. The normalized spacial score (nSPS) is 9.85. The third-order valence-electron chi connectivity index (χ3n) is 2.55. The number of rotatable bonds is 4. The first-order valence-electron chi connectivity index (χ1n) is 6.11. The Morgan fingerprint density at radius 2 is 1.95 bits per heavy atom. The van der Waals surface area contributed by atoms with E-state index in [4.69, 9.17) is 4.74 Å². The summed E-state index contributed by atoms with van der Waals surface area (Å²) < 4.78 is 4.90. The number of amides is 1. The van der Waals surface area contributed by atoms with E-state index in [1.165, 1.54) is 6.92 Å². The zero-order valence-corrected chi connectivity index (χ0v) is 11.0. The van der Waals surface area contributed by atoms with Crippen LogP contribution in [0.15, 0.2) is 48.8 Å². The molecule has 5 heteroatoms. The Morgan fingerprint density at radius 3 is 2.55 bits per heavy atom. The van der Waals surface area contributed by atoms with E-state index in [0.29, 0.717) is 17.9 Å². The molecule has 2 rings (SSSR count). The molecule has 1 aromatic heterocycles. The molecule has 0 aliphatic heterocycles. The third-order valence-corrected chi connectivity index (χ3v) is 2.55. The van der Waals surface area contributed by atoms with Gasteiger partial charge in [0.1, 0.15) is 5.75 Å². The van der Waals surface area contributed by atoms with Crippen LogP contribution in [0.2, 0.25) is 0 Å². The van der Waals surface area contributed by atoms with Crippen LogP contribution in [0.1, 0.15) is 22.8 Å². The topological polar surface area (TPSA) is 68.3 Å². The average Bonchev–Trinajstić information content (AvgIpc) is 2.46. The minimum absolute atomic E-state index is 0.191. The fraction of sp³-hybridized carbons (Fsp3) is 0.133. The van der Waals surface area contributed by atoms with Crippen molar-refractivity contribution >= 4 is 11.9 Å². The SMILES string of the molecule is CC(=O)Oc1ccc(C(=O)NCc2cccnc2)cc1. The van der Waals surface area contributed by atoms with E-state index in [0.717, 1.165) is 5.56 Å². The van der Waals surface area contributed by atoms with Crippen LogP contribution in [0.25, 0.3) is 0 Å². The lowest BCUT2D eigenvalue weighted by atomic mass is 10.2. The van der Waals surface area contributed by atoms with E-state index < -0.39 is 5.97 Å². The van der Waals surface area contributed by atoms with Gasteiger partial charge in [0.05, 0.1) is 0 Å². The molecule has 0 atom stereocenters. The molecule has 0 fully saturated rings. The van der Waals surface area contributed by atoms with Crippen molar-refractivity contribution in [2.24, 2.45) is 0 Å². The molecule has 0 radical (unpaired) electrons. The van der Waals surface area contributed by atoms with Crippen molar-refractivity contribution in [2.45, 2.75) is 13.5 Å². The van der Waals surface area contributed by atoms with E-state index in [9.17, 15) is 9.59 Å². The summed E-state index contributed by atoms with van der Waals surface area (Å²) in [6.07, 6.45) is 3.38. The van der Waals surface area contributed by atoms with Gasteiger partial charge in [-0.05, 0) is 35.9 Å². The fourth-order valence-electron chi connectivity index (χ4n) is 1.63. The number of ether oxygens (including phenoxy) is 1. The number of carbonyl (C=O) groups is 2. The number of hydrogen-bond donors (Lipinski definition) is 1. The number of nitrogens with one attached hydrogen (secondary N) is 1. The van der Waals surface area contributed by atoms with Gasteiger partial charge >= 0.3 is 5.97 Å². The van der Waals surface area contributed by atoms with Gasteiger partial charge in [-0.2, -0.15) is 0 Å². The first-order valence-corrected chi connectivity index (χ1v) is 6.11. The van der Waals surface area contributed by atoms with Crippen LogP contribution in [-0.2, 0) is 11.3 Å². The zero-order chi connectivity index (χ0) is 14.4. The molecule has 102 valence electrons.